The van der Waals surface area contributed by atoms with E-state index in [1.807, 2.05) is 26.0 Å². The van der Waals surface area contributed by atoms with Crippen LogP contribution < -0.4 is 20.1 Å². The first kappa shape index (κ1) is 19.9. The highest BCUT2D eigenvalue weighted by Crippen LogP contribution is 2.35. The molecule has 0 bridgehead atoms. The molecule has 0 radical (unpaired) electrons. The van der Waals surface area contributed by atoms with E-state index in [2.05, 4.69) is 20.6 Å². The number of guanidine groups is 1. The molecule has 1 aromatic heterocycles. The number of benzene rings is 1. The van der Waals surface area contributed by atoms with Crippen molar-refractivity contribution in [3.63, 3.8) is 0 Å². The number of ether oxygens (including phenoxy) is 2. The van der Waals surface area contributed by atoms with Crippen molar-refractivity contribution in [3.05, 3.63) is 41.5 Å². The van der Waals surface area contributed by atoms with Crippen molar-refractivity contribution < 1.29 is 18.3 Å². The minimum Gasteiger partial charge on any atom is -0.494 e. The fraction of sp³-hybridized carbons (Fsp3) is 0.474. The monoisotopic (exact) mass is 393 g/mol. The van der Waals surface area contributed by atoms with Gasteiger partial charge in [0.1, 0.15) is 23.4 Å². The lowest BCUT2D eigenvalue weighted by Crippen LogP contribution is -2.37. The number of alkyl halides is 2. The zero-order valence-corrected chi connectivity index (χ0v) is 16.2. The number of halogens is 2. The van der Waals surface area contributed by atoms with Crippen LogP contribution in [-0.4, -0.2) is 35.3 Å². The Bertz CT molecular complexity index is 838. The van der Waals surface area contributed by atoms with Crippen LogP contribution in [0.15, 0.2) is 29.5 Å². The van der Waals surface area contributed by atoms with Crippen LogP contribution in [0.4, 0.5) is 8.78 Å². The summed E-state index contributed by atoms with van der Waals surface area (Å²) in [6.07, 6.45) is 3.61. The number of hydrogen-bond acceptors (Lipinski definition) is 4. The van der Waals surface area contributed by atoms with E-state index in [4.69, 9.17) is 9.47 Å². The normalized spacial score (nSPS) is 16.1. The molecule has 0 fully saturated rings. The second-order valence-electron chi connectivity index (χ2n) is 6.44. The molecule has 0 saturated heterocycles. The van der Waals surface area contributed by atoms with Crippen LogP contribution in [0, 0.1) is 0 Å². The van der Waals surface area contributed by atoms with Gasteiger partial charge in [-0.3, -0.25) is 9.56 Å². The topological polar surface area (TPSA) is 72.7 Å². The van der Waals surface area contributed by atoms with Gasteiger partial charge in [0, 0.05) is 43.5 Å². The maximum Gasteiger partial charge on any atom is 0.319 e. The number of imidazole rings is 1. The number of nitrogens with one attached hydrogen (secondary N) is 2. The third kappa shape index (κ3) is 4.52. The molecule has 0 amide bonds. The van der Waals surface area contributed by atoms with Gasteiger partial charge in [-0.05, 0) is 26.0 Å². The standard InChI is InChI=1S/C19H25F2N5O2/c1-4-27-15-8-13-7-12(2)28-16(13)9-14(15)10-24-19(22-3)25-11-17-23-5-6-26(17)18(20)21/h5-6,8-9,12,18H,4,7,10-11H2,1-3H3,(H2,22,24,25). The van der Waals surface area contributed by atoms with E-state index in [1.165, 1.54) is 12.4 Å². The molecule has 1 aliphatic heterocycles. The van der Waals surface area contributed by atoms with Crippen LogP contribution in [-0.2, 0) is 19.5 Å². The molecule has 1 aromatic carbocycles. The van der Waals surface area contributed by atoms with Crippen LogP contribution in [0.1, 0.15) is 37.3 Å². The highest BCUT2D eigenvalue weighted by Gasteiger charge is 2.22. The molecule has 9 heteroatoms. The summed E-state index contributed by atoms with van der Waals surface area (Å²) < 4.78 is 38.2. The Balaban J connectivity index is 1.65. The smallest absolute Gasteiger partial charge is 0.319 e. The fourth-order valence-electron chi connectivity index (χ4n) is 3.13. The van der Waals surface area contributed by atoms with E-state index in [9.17, 15) is 8.78 Å². The lowest BCUT2D eigenvalue weighted by atomic mass is 10.1. The second-order valence-corrected chi connectivity index (χ2v) is 6.44. The number of aliphatic imine (C=N–C) groups is 1. The first-order valence-corrected chi connectivity index (χ1v) is 9.21. The molecular weight excluding hydrogens is 368 g/mol. The van der Waals surface area contributed by atoms with Crippen LogP contribution in [0.5, 0.6) is 11.5 Å². The molecular formula is C19H25F2N5O2. The van der Waals surface area contributed by atoms with E-state index >= 15 is 0 Å². The molecule has 2 aromatic rings. The van der Waals surface area contributed by atoms with Gasteiger partial charge in [0.05, 0.1) is 13.2 Å². The molecule has 1 aliphatic rings. The van der Waals surface area contributed by atoms with E-state index in [0.717, 1.165) is 33.6 Å². The number of hydrogen-bond donors (Lipinski definition) is 2. The molecule has 2 N–H and O–H groups in total. The average Bonchev–Trinajstić information content (AvgIpc) is 3.27. The summed E-state index contributed by atoms with van der Waals surface area (Å²) in [5.74, 6) is 2.37. The maximum atomic E-state index is 12.9. The van der Waals surface area contributed by atoms with Crippen LogP contribution in [0.3, 0.4) is 0 Å². The highest BCUT2D eigenvalue weighted by molar-refractivity contribution is 5.79. The molecule has 152 valence electrons. The van der Waals surface area contributed by atoms with Crippen molar-refractivity contribution in [2.45, 2.75) is 46.0 Å². The van der Waals surface area contributed by atoms with E-state index in [-0.39, 0.29) is 18.5 Å². The van der Waals surface area contributed by atoms with Crippen LogP contribution in [0.2, 0.25) is 0 Å². The molecule has 28 heavy (non-hydrogen) atoms. The van der Waals surface area contributed by atoms with Gasteiger partial charge in [-0.15, -0.1) is 0 Å². The Hall–Kier alpha value is -2.84. The molecule has 0 spiro atoms. The van der Waals surface area contributed by atoms with Gasteiger partial charge in [-0.1, -0.05) is 0 Å². The molecule has 1 unspecified atom stereocenters. The fourth-order valence-corrected chi connectivity index (χ4v) is 3.13. The summed E-state index contributed by atoms with van der Waals surface area (Å²) in [5, 5.41) is 6.18. The van der Waals surface area contributed by atoms with Crippen molar-refractivity contribution in [1.29, 1.82) is 0 Å². The molecule has 2 heterocycles. The van der Waals surface area contributed by atoms with Gasteiger partial charge in [0.2, 0.25) is 0 Å². The van der Waals surface area contributed by atoms with Gasteiger partial charge in [0.15, 0.2) is 5.96 Å². The number of aromatic nitrogens is 2. The van der Waals surface area contributed by atoms with Gasteiger partial charge < -0.3 is 20.1 Å². The van der Waals surface area contributed by atoms with Gasteiger partial charge in [-0.2, -0.15) is 8.78 Å². The van der Waals surface area contributed by atoms with Crippen molar-refractivity contribution in [2.24, 2.45) is 4.99 Å². The number of fused-ring (bicyclic) bond motifs is 1. The zero-order chi connectivity index (χ0) is 20.1. The SMILES string of the molecule is CCOc1cc2c(cc1CNC(=NC)NCc1nccn1C(F)F)OC(C)C2. The third-order valence-electron chi connectivity index (χ3n) is 4.42. The quantitative estimate of drug-likeness (QED) is 0.559. The number of rotatable bonds is 7. The Morgan fingerprint density at radius 3 is 2.89 bits per heavy atom. The largest absolute Gasteiger partial charge is 0.494 e. The molecule has 7 nitrogen and oxygen atoms in total. The maximum absolute atomic E-state index is 12.9. The van der Waals surface area contributed by atoms with Crippen molar-refractivity contribution >= 4 is 5.96 Å². The average molecular weight is 393 g/mol. The molecule has 1 atom stereocenters. The molecule has 0 saturated carbocycles. The minimum atomic E-state index is -2.63. The Morgan fingerprint density at radius 1 is 1.39 bits per heavy atom. The molecule has 0 aliphatic carbocycles. The van der Waals surface area contributed by atoms with Gasteiger partial charge in [0.25, 0.3) is 0 Å². The van der Waals surface area contributed by atoms with Crippen LogP contribution >= 0.6 is 0 Å². The van der Waals surface area contributed by atoms with Gasteiger partial charge in [-0.25, -0.2) is 4.98 Å². The summed E-state index contributed by atoms with van der Waals surface area (Å²) in [4.78, 5) is 8.08. The van der Waals surface area contributed by atoms with E-state index in [1.54, 1.807) is 7.05 Å². The first-order chi connectivity index (χ1) is 13.5. The molecule has 3 rings (SSSR count). The lowest BCUT2D eigenvalue weighted by Gasteiger charge is -2.16. The van der Waals surface area contributed by atoms with Crippen molar-refractivity contribution in [2.75, 3.05) is 13.7 Å². The first-order valence-electron chi connectivity index (χ1n) is 9.21. The Labute approximate surface area is 162 Å². The number of nitrogens with zero attached hydrogens (tertiary/aromatic N) is 3. The summed E-state index contributed by atoms with van der Waals surface area (Å²) in [5.41, 5.74) is 2.08. The lowest BCUT2D eigenvalue weighted by molar-refractivity contribution is 0.0668. The second kappa shape index (κ2) is 8.90. The third-order valence-corrected chi connectivity index (χ3v) is 4.42. The minimum absolute atomic E-state index is 0.125. The van der Waals surface area contributed by atoms with Crippen molar-refractivity contribution in [1.82, 2.24) is 20.2 Å². The predicted molar refractivity (Wildman–Crippen MR) is 102 cm³/mol. The van der Waals surface area contributed by atoms with Gasteiger partial charge >= 0.3 is 6.55 Å². The zero-order valence-electron chi connectivity index (χ0n) is 16.2. The summed E-state index contributed by atoms with van der Waals surface area (Å²) in [6, 6.07) is 4.00. The van der Waals surface area contributed by atoms with Crippen molar-refractivity contribution in [3.8, 4) is 11.5 Å². The Kier molecular flexibility index (Phi) is 6.33. The predicted octanol–water partition coefficient (Wildman–Crippen LogP) is 2.87. The summed E-state index contributed by atoms with van der Waals surface area (Å²) in [7, 11) is 1.62. The Morgan fingerprint density at radius 2 is 2.18 bits per heavy atom. The highest BCUT2D eigenvalue weighted by atomic mass is 19.3. The van der Waals surface area contributed by atoms with E-state index in [0.29, 0.717) is 19.1 Å². The van der Waals surface area contributed by atoms with E-state index < -0.39 is 6.55 Å². The van der Waals surface area contributed by atoms with Crippen LogP contribution in [0.25, 0.3) is 0 Å². The summed E-state index contributed by atoms with van der Waals surface area (Å²) >= 11 is 0. The summed E-state index contributed by atoms with van der Waals surface area (Å²) in [6.45, 7) is 2.48.